The van der Waals surface area contributed by atoms with Crippen molar-refractivity contribution in [3.05, 3.63) is 30.6 Å². The minimum absolute atomic E-state index is 0.111. The van der Waals surface area contributed by atoms with E-state index in [2.05, 4.69) is 36.5 Å². The van der Waals surface area contributed by atoms with Gasteiger partial charge >= 0.3 is 0 Å². The molecule has 5 rings (SSSR count). The minimum atomic E-state index is 0.111. The fraction of sp³-hybridized carbons (Fsp3) is 0.542. The Balaban J connectivity index is 1.14. The van der Waals surface area contributed by atoms with Crippen molar-refractivity contribution < 1.29 is 9.53 Å². The van der Waals surface area contributed by atoms with Crippen molar-refractivity contribution in [2.45, 2.75) is 37.8 Å². The highest BCUT2D eigenvalue weighted by molar-refractivity contribution is 5.83. The van der Waals surface area contributed by atoms with Gasteiger partial charge in [0.05, 0.1) is 36.3 Å². The van der Waals surface area contributed by atoms with Gasteiger partial charge in [-0.05, 0) is 37.8 Å². The van der Waals surface area contributed by atoms with Crippen LogP contribution in [0.1, 0.15) is 25.7 Å². The molecule has 0 spiro atoms. The second-order valence-electron chi connectivity index (χ2n) is 9.22. The summed E-state index contributed by atoms with van der Waals surface area (Å²) < 4.78 is 7.27. The topological polar surface area (TPSA) is 101 Å². The lowest BCUT2D eigenvalue weighted by Gasteiger charge is -2.34. The molecule has 1 saturated heterocycles. The Hall–Kier alpha value is -3.11. The van der Waals surface area contributed by atoms with Crippen LogP contribution >= 0.6 is 0 Å². The number of carbonyl (C=O) groups excluding carboxylic acids is 1. The highest BCUT2D eigenvalue weighted by atomic mass is 16.5. The zero-order valence-corrected chi connectivity index (χ0v) is 19.9. The highest BCUT2D eigenvalue weighted by Crippen LogP contribution is 2.24. The number of carbonyl (C=O) groups is 1. The summed E-state index contributed by atoms with van der Waals surface area (Å²) in [6, 6.07) is 6.44. The predicted octanol–water partition coefficient (Wildman–Crippen LogP) is 1.62. The molecular formula is C24H32N8O2. The van der Waals surface area contributed by atoms with E-state index in [0.717, 1.165) is 74.0 Å². The monoisotopic (exact) mass is 464 g/mol. The van der Waals surface area contributed by atoms with Gasteiger partial charge in [0.15, 0.2) is 0 Å². The number of benzene rings is 1. The smallest absolute Gasteiger partial charge is 0.245 e. The number of fused-ring (bicyclic) bond motifs is 1. The van der Waals surface area contributed by atoms with Gasteiger partial charge in [-0.15, -0.1) is 5.10 Å². The van der Waals surface area contributed by atoms with Gasteiger partial charge in [0.2, 0.25) is 11.9 Å². The van der Waals surface area contributed by atoms with Gasteiger partial charge in [0, 0.05) is 57.3 Å². The predicted molar refractivity (Wildman–Crippen MR) is 129 cm³/mol. The maximum absolute atomic E-state index is 12.5. The summed E-state index contributed by atoms with van der Waals surface area (Å²) in [6.45, 7) is 3.54. The number of ether oxygens (including phenoxy) is 1. The molecule has 1 aliphatic heterocycles. The van der Waals surface area contributed by atoms with E-state index in [1.165, 1.54) is 0 Å². The summed E-state index contributed by atoms with van der Waals surface area (Å²) >= 11 is 0. The number of aryl methyl sites for hydroxylation is 1. The quantitative estimate of drug-likeness (QED) is 0.587. The zero-order chi connectivity index (χ0) is 23.5. The Morgan fingerprint density at radius 1 is 1.12 bits per heavy atom. The number of amides is 1. The lowest BCUT2D eigenvalue weighted by Crippen LogP contribution is -2.51. The summed E-state index contributed by atoms with van der Waals surface area (Å²) in [7, 11) is 3.70. The molecule has 0 bridgehead atoms. The van der Waals surface area contributed by atoms with E-state index >= 15 is 0 Å². The van der Waals surface area contributed by atoms with Crippen molar-refractivity contribution in [3.8, 4) is 11.3 Å². The second-order valence-corrected chi connectivity index (χ2v) is 9.22. The number of aromatic nitrogens is 5. The standard InChI is InChI=1S/C24H32N8O2/c1-30-22-8-3-17(13-18(22)14-26-30)21-15-25-29-24(28-21)32-11-9-31(10-12-32)16-23(33)27-19-4-6-20(34-2)7-5-19/h3,8,13-15,19-20H,4-7,9-12,16H2,1-2H3,(H,27,33). The summed E-state index contributed by atoms with van der Waals surface area (Å²) in [6.07, 6.45) is 7.91. The molecule has 2 fully saturated rings. The maximum atomic E-state index is 12.5. The molecule has 0 unspecified atom stereocenters. The van der Waals surface area contributed by atoms with Crippen molar-refractivity contribution in [2.75, 3.05) is 44.7 Å². The molecule has 2 aliphatic rings. The van der Waals surface area contributed by atoms with Crippen LogP contribution in [0.5, 0.6) is 0 Å². The van der Waals surface area contributed by atoms with Crippen LogP contribution < -0.4 is 10.2 Å². The van der Waals surface area contributed by atoms with Crippen LogP contribution in [-0.4, -0.2) is 87.7 Å². The molecule has 10 heteroatoms. The van der Waals surface area contributed by atoms with Crippen LogP contribution in [0.4, 0.5) is 5.95 Å². The van der Waals surface area contributed by atoms with Crippen LogP contribution in [0.15, 0.2) is 30.6 Å². The average molecular weight is 465 g/mol. The molecule has 180 valence electrons. The number of rotatable bonds is 6. The van der Waals surface area contributed by atoms with Gasteiger partial charge in [0.1, 0.15) is 0 Å². The lowest BCUT2D eigenvalue weighted by atomic mass is 9.93. The van der Waals surface area contributed by atoms with Gasteiger partial charge in [-0.1, -0.05) is 6.07 Å². The molecule has 10 nitrogen and oxygen atoms in total. The SMILES string of the molecule is COC1CCC(NC(=O)CN2CCN(c3nncc(-c4ccc5c(cnn5C)c4)n3)CC2)CC1. The molecular weight excluding hydrogens is 432 g/mol. The highest BCUT2D eigenvalue weighted by Gasteiger charge is 2.25. The minimum Gasteiger partial charge on any atom is -0.381 e. The van der Waals surface area contributed by atoms with Crippen molar-refractivity contribution >= 4 is 22.8 Å². The van der Waals surface area contributed by atoms with Gasteiger partial charge < -0.3 is 15.0 Å². The van der Waals surface area contributed by atoms with Gasteiger partial charge in [-0.2, -0.15) is 10.2 Å². The van der Waals surface area contributed by atoms with Gasteiger partial charge in [-0.25, -0.2) is 4.98 Å². The van der Waals surface area contributed by atoms with E-state index in [1.54, 1.807) is 13.3 Å². The number of anilines is 1. The first kappa shape index (κ1) is 22.7. The Morgan fingerprint density at radius 3 is 2.68 bits per heavy atom. The van der Waals surface area contributed by atoms with Gasteiger partial charge in [0.25, 0.3) is 0 Å². The van der Waals surface area contributed by atoms with Crippen molar-refractivity contribution in [2.24, 2.45) is 7.05 Å². The van der Waals surface area contributed by atoms with E-state index in [4.69, 9.17) is 9.72 Å². The first-order chi connectivity index (χ1) is 16.6. The zero-order valence-electron chi connectivity index (χ0n) is 19.9. The van der Waals surface area contributed by atoms with E-state index in [9.17, 15) is 4.79 Å². The number of nitrogens with one attached hydrogen (secondary N) is 1. The Morgan fingerprint density at radius 2 is 1.91 bits per heavy atom. The molecule has 2 aromatic heterocycles. The summed E-state index contributed by atoms with van der Waals surface area (Å²) in [4.78, 5) is 21.6. The number of nitrogens with zero attached hydrogens (tertiary/aromatic N) is 7. The summed E-state index contributed by atoms with van der Waals surface area (Å²) in [5.74, 6) is 0.739. The molecule has 0 atom stereocenters. The molecule has 1 aromatic carbocycles. The number of methoxy groups -OCH3 is 1. The number of piperazine rings is 1. The van der Waals surface area contributed by atoms with Crippen LogP contribution in [0, 0.1) is 0 Å². The van der Waals surface area contributed by atoms with Crippen molar-refractivity contribution in [3.63, 3.8) is 0 Å². The molecule has 1 amide bonds. The first-order valence-electron chi connectivity index (χ1n) is 12.0. The molecule has 3 heterocycles. The third-order valence-electron chi connectivity index (χ3n) is 6.98. The third kappa shape index (κ3) is 5.02. The molecule has 34 heavy (non-hydrogen) atoms. The van der Waals surface area contributed by atoms with Crippen LogP contribution in [-0.2, 0) is 16.6 Å². The maximum Gasteiger partial charge on any atom is 0.245 e. The van der Waals surface area contributed by atoms with Crippen LogP contribution in [0.2, 0.25) is 0 Å². The molecule has 1 saturated carbocycles. The second kappa shape index (κ2) is 10.0. The number of hydrogen-bond acceptors (Lipinski definition) is 8. The fourth-order valence-electron chi connectivity index (χ4n) is 4.92. The van der Waals surface area contributed by atoms with Crippen LogP contribution in [0.25, 0.3) is 22.2 Å². The Labute approximate surface area is 199 Å². The molecule has 3 aromatic rings. The number of hydrogen-bond donors (Lipinski definition) is 1. The van der Waals surface area contributed by atoms with Crippen molar-refractivity contribution in [1.82, 2.24) is 35.2 Å². The van der Waals surface area contributed by atoms with E-state index in [1.807, 2.05) is 30.1 Å². The molecule has 1 aliphatic carbocycles. The van der Waals surface area contributed by atoms with E-state index < -0.39 is 0 Å². The lowest BCUT2D eigenvalue weighted by molar-refractivity contribution is -0.123. The van der Waals surface area contributed by atoms with E-state index in [-0.39, 0.29) is 11.9 Å². The first-order valence-corrected chi connectivity index (χ1v) is 12.0. The van der Waals surface area contributed by atoms with Gasteiger partial charge in [-0.3, -0.25) is 14.4 Å². The van der Waals surface area contributed by atoms with Crippen molar-refractivity contribution in [1.29, 1.82) is 0 Å². The third-order valence-corrected chi connectivity index (χ3v) is 6.98. The van der Waals surface area contributed by atoms with E-state index in [0.29, 0.717) is 18.6 Å². The van der Waals surface area contributed by atoms with Crippen LogP contribution in [0.3, 0.4) is 0 Å². The average Bonchev–Trinajstić information content (AvgIpc) is 3.25. The Kier molecular flexibility index (Phi) is 6.68. The summed E-state index contributed by atoms with van der Waals surface area (Å²) in [5, 5.41) is 17.1. The largest absolute Gasteiger partial charge is 0.381 e. The molecule has 1 N–H and O–H groups in total. The normalized spacial score (nSPS) is 21.6. The molecule has 0 radical (unpaired) electrons. The Bertz CT molecular complexity index is 1130. The summed E-state index contributed by atoms with van der Waals surface area (Å²) in [5.41, 5.74) is 2.86. The fourth-order valence-corrected chi connectivity index (χ4v) is 4.92.